The quantitative estimate of drug-likeness (QED) is 0.212. The largest absolute Gasteiger partial charge is 0.343 e. The summed E-state index contributed by atoms with van der Waals surface area (Å²) < 4.78 is 0. The Bertz CT molecular complexity index is 98.1. The molecule has 0 aliphatic carbocycles. The number of hydrogen-bond acceptors (Lipinski definition) is 0. The first-order chi connectivity index (χ1) is 7.91. The Morgan fingerprint density at radius 3 is 1.12 bits per heavy atom. The van der Waals surface area contributed by atoms with Gasteiger partial charge in [0.15, 0.2) is 0 Å². The van der Waals surface area contributed by atoms with E-state index in [4.69, 9.17) is 0 Å². The monoisotopic (exact) mass is 289 g/mol. The molecular formula is C16H33Zn-. The SMILES string of the molecule is [CH2-]CCCCCCCCCCCCCCC.[Zn]. The van der Waals surface area contributed by atoms with Gasteiger partial charge in [-0.3, -0.25) is 0 Å². The molecule has 0 N–H and O–H groups in total. The first-order valence-electron chi connectivity index (χ1n) is 7.71. The van der Waals surface area contributed by atoms with Gasteiger partial charge in [0.2, 0.25) is 0 Å². The molecule has 0 saturated heterocycles. The van der Waals surface area contributed by atoms with Gasteiger partial charge in [0.25, 0.3) is 0 Å². The summed E-state index contributed by atoms with van der Waals surface area (Å²) in [5.74, 6) is 0. The molecule has 0 aliphatic rings. The second-order valence-electron chi connectivity index (χ2n) is 5.10. The fraction of sp³-hybridized carbons (Fsp3) is 0.938. The molecular weight excluding hydrogens is 258 g/mol. The Morgan fingerprint density at radius 1 is 0.529 bits per heavy atom. The van der Waals surface area contributed by atoms with E-state index in [1.807, 2.05) is 0 Å². The van der Waals surface area contributed by atoms with Crippen LogP contribution in [0.15, 0.2) is 0 Å². The second kappa shape index (κ2) is 19.0. The predicted molar refractivity (Wildman–Crippen MR) is 75.7 cm³/mol. The molecule has 0 spiro atoms. The van der Waals surface area contributed by atoms with Gasteiger partial charge in [-0.15, -0.1) is 0 Å². The van der Waals surface area contributed by atoms with Crippen molar-refractivity contribution < 1.29 is 19.5 Å². The normalized spacial score (nSPS) is 10.2. The molecule has 0 aromatic rings. The number of unbranched alkanes of at least 4 members (excludes halogenated alkanes) is 13. The maximum absolute atomic E-state index is 3.87. The average Bonchev–Trinajstić information content (AvgIpc) is 2.31. The molecule has 0 aromatic carbocycles. The van der Waals surface area contributed by atoms with E-state index in [0.29, 0.717) is 0 Å². The molecule has 0 aliphatic heterocycles. The summed E-state index contributed by atoms with van der Waals surface area (Å²) in [4.78, 5) is 0. The summed E-state index contributed by atoms with van der Waals surface area (Å²) in [6.45, 7) is 6.16. The van der Waals surface area contributed by atoms with Gasteiger partial charge >= 0.3 is 0 Å². The van der Waals surface area contributed by atoms with E-state index in [2.05, 4.69) is 13.8 Å². The second-order valence-corrected chi connectivity index (χ2v) is 5.10. The van der Waals surface area contributed by atoms with Crippen molar-refractivity contribution in [3.8, 4) is 0 Å². The van der Waals surface area contributed by atoms with E-state index in [1.165, 1.54) is 83.5 Å². The van der Waals surface area contributed by atoms with Gasteiger partial charge in [0.05, 0.1) is 0 Å². The van der Waals surface area contributed by atoms with Crippen LogP contribution in [0, 0.1) is 6.92 Å². The molecule has 1 heteroatoms. The van der Waals surface area contributed by atoms with Crippen LogP contribution in [0.3, 0.4) is 0 Å². The van der Waals surface area contributed by atoms with Crippen molar-refractivity contribution in [1.82, 2.24) is 0 Å². The van der Waals surface area contributed by atoms with Crippen LogP contribution in [-0.2, 0) is 19.5 Å². The summed E-state index contributed by atoms with van der Waals surface area (Å²) in [5, 5.41) is 0. The number of hydrogen-bond donors (Lipinski definition) is 0. The summed E-state index contributed by atoms with van der Waals surface area (Å²) in [5.41, 5.74) is 0. The van der Waals surface area contributed by atoms with Gasteiger partial charge < -0.3 is 6.92 Å². The predicted octanol–water partition coefficient (Wildman–Crippen LogP) is 6.30. The molecule has 0 saturated carbocycles. The van der Waals surface area contributed by atoms with E-state index >= 15 is 0 Å². The van der Waals surface area contributed by atoms with Gasteiger partial charge in [0.1, 0.15) is 0 Å². The van der Waals surface area contributed by atoms with E-state index < -0.39 is 0 Å². The van der Waals surface area contributed by atoms with Crippen LogP contribution in [0.2, 0.25) is 0 Å². The smallest absolute Gasteiger partial charge is 0 e. The van der Waals surface area contributed by atoms with Crippen molar-refractivity contribution in [2.24, 2.45) is 0 Å². The average molecular weight is 291 g/mol. The molecule has 0 radical (unpaired) electrons. The minimum absolute atomic E-state index is 0. The molecule has 0 atom stereocenters. The Hall–Kier alpha value is 0.623. The molecule has 0 heterocycles. The zero-order chi connectivity index (χ0) is 11.9. The molecule has 17 heavy (non-hydrogen) atoms. The third-order valence-corrected chi connectivity index (χ3v) is 3.35. The maximum Gasteiger partial charge on any atom is 0 e. The van der Waals surface area contributed by atoms with Gasteiger partial charge in [-0.1, -0.05) is 90.4 Å². The number of rotatable bonds is 13. The standard InChI is InChI=1S/C16H33.Zn/c1-3-5-7-9-11-13-15-16-14-12-10-8-6-4-2;/h1,3-16H2,2H3;/q-1;. The van der Waals surface area contributed by atoms with Crippen molar-refractivity contribution in [2.45, 2.75) is 96.8 Å². The van der Waals surface area contributed by atoms with Crippen molar-refractivity contribution >= 4 is 0 Å². The van der Waals surface area contributed by atoms with Gasteiger partial charge in [-0.2, -0.15) is 6.42 Å². The first kappa shape index (κ1) is 20.0. The van der Waals surface area contributed by atoms with Gasteiger partial charge in [-0.05, 0) is 0 Å². The summed E-state index contributed by atoms with van der Waals surface area (Å²) >= 11 is 0. The topological polar surface area (TPSA) is 0 Å². The third kappa shape index (κ3) is 19.2. The van der Waals surface area contributed by atoms with E-state index in [-0.39, 0.29) is 19.5 Å². The fourth-order valence-electron chi connectivity index (χ4n) is 2.19. The van der Waals surface area contributed by atoms with E-state index in [9.17, 15) is 0 Å². The van der Waals surface area contributed by atoms with Gasteiger partial charge in [-0.25, -0.2) is 0 Å². The Morgan fingerprint density at radius 2 is 0.824 bits per heavy atom. The molecule has 0 aromatic heterocycles. The van der Waals surface area contributed by atoms with Crippen molar-refractivity contribution in [1.29, 1.82) is 0 Å². The van der Waals surface area contributed by atoms with Crippen molar-refractivity contribution in [2.75, 3.05) is 0 Å². The minimum atomic E-state index is 0. The summed E-state index contributed by atoms with van der Waals surface area (Å²) in [7, 11) is 0. The maximum atomic E-state index is 3.87. The molecule has 0 fully saturated rings. The summed E-state index contributed by atoms with van der Waals surface area (Å²) in [6, 6.07) is 0. The van der Waals surface area contributed by atoms with Crippen LogP contribution >= 0.6 is 0 Å². The van der Waals surface area contributed by atoms with E-state index in [0.717, 1.165) is 6.42 Å². The van der Waals surface area contributed by atoms with Crippen LogP contribution in [0.5, 0.6) is 0 Å². The van der Waals surface area contributed by atoms with Crippen LogP contribution in [-0.4, -0.2) is 0 Å². The molecule has 0 nitrogen and oxygen atoms in total. The summed E-state index contributed by atoms with van der Waals surface area (Å²) in [6.07, 6.45) is 19.8. The Kier molecular flexibility index (Phi) is 22.3. The van der Waals surface area contributed by atoms with Crippen LogP contribution in [0.4, 0.5) is 0 Å². The first-order valence-corrected chi connectivity index (χ1v) is 7.71. The molecule has 0 rings (SSSR count). The molecule has 0 amide bonds. The molecule has 100 valence electrons. The van der Waals surface area contributed by atoms with Crippen molar-refractivity contribution in [3.05, 3.63) is 6.92 Å². The zero-order valence-electron chi connectivity index (χ0n) is 12.3. The molecule has 0 bridgehead atoms. The molecule has 0 unspecified atom stereocenters. The van der Waals surface area contributed by atoms with Crippen LogP contribution in [0.1, 0.15) is 96.8 Å². The van der Waals surface area contributed by atoms with Gasteiger partial charge in [0, 0.05) is 19.5 Å². The van der Waals surface area contributed by atoms with E-state index in [1.54, 1.807) is 0 Å². The third-order valence-electron chi connectivity index (χ3n) is 3.35. The minimum Gasteiger partial charge on any atom is -0.343 e. The van der Waals surface area contributed by atoms with Crippen LogP contribution < -0.4 is 0 Å². The Balaban J connectivity index is 0. The Labute approximate surface area is 123 Å². The van der Waals surface area contributed by atoms with Crippen LogP contribution in [0.25, 0.3) is 0 Å². The van der Waals surface area contributed by atoms with Crippen molar-refractivity contribution in [3.63, 3.8) is 0 Å². The zero-order valence-corrected chi connectivity index (χ0v) is 15.3. The fourth-order valence-corrected chi connectivity index (χ4v) is 2.19.